The summed E-state index contributed by atoms with van der Waals surface area (Å²) in [6.45, 7) is 6.24. The lowest BCUT2D eigenvalue weighted by molar-refractivity contribution is 0.0941. The van der Waals surface area contributed by atoms with Crippen LogP contribution in [0.5, 0.6) is 5.88 Å². The zero-order valence-corrected chi connectivity index (χ0v) is 22.0. The highest BCUT2D eigenvalue weighted by molar-refractivity contribution is 7.90. The Morgan fingerprint density at radius 3 is 2.27 bits per heavy atom. The van der Waals surface area contributed by atoms with Crippen molar-refractivity contribution in [3.63, 3.8) is 0 Å². The molecule has 1 aromatic heterocycles. The van der Waals surface area contributed by atoms with Crippen molar-refractivity contribution < 1.29 is 37.0 Å². The van der Waals surface area contributed by atoms with E-state index in [1.54, 1.807) is 0 Å². The normalized spacial score (nSPS) is 11.0. The van der Waals surface area contributed by atoms with E-state index in [-0.39, 0.29) is 33.5 Å². The first kappa shape index (κ1) is 30.0. The molecular weight excluding hydrogens is 528 g/mol. The summed E-state index contributed by atoms with van der Waals surface area (Å²) < 4.78 is 42.6. The summed E-state index contributed by atoms with van der Waals surface area (Å²) in [6, 6.07) is 6.09. The molecule has 37 heavy (non-hydrogen) atoms. The topological polar surface area (TPSA) is 162 Å². The first-order valence-corrected chi connectivity index (χ1v) is 13.3. The van der Waals surface area contributed by atoms with Crippen molar-refractivity contribution >= 4 is 39.5 Å². The summed E-state index contributed by atoms with van der Waals surface area (Å²) in [4.78, 5) is 39.9. The van der Waals surface area contributed by atoms with Crippen molar-refractivity contribution in [2.45, 2.75) is 25.2 Å². The fourth-order valence-electron chi connectivity index (χ4n) is 2.79. The van der Waals surface area contributed by atoms with Gasteiger partial charge in [0, 0.05) is 50.7 Å². The summed E-state index contributed by atoms with van der Waals surface area (Å²) in [7, 11) is -4.37. The molecule has 0 unspecified atom stereocenters. The molecule has 2 rings (SSSR count). The van der Waals surface area contributed by atoms with Crippen molar-refractivity contribution in [3.8, 4) is 5.88 Å². The van der Waals surface area contributed by atoms with Crippen LogP contribution in [-0.4, -0.2) is 70.8 Å². The molecule has 0 saturated heterocycles. The summed E-state index contributed by atoms with van der Waals surface area (Å²) in [5.74, 6) is -1.50. The minimum Gasteiger partial charge on any atom is -0.391 e. The number of rotatable bonds is 14. The number of hydrogen-bond acceptors (Lipinski definition) is 9. The molecule has 0 spiro atoms. The molecule has 1 aromatic carbocycles. The Morgan fingerprint density at radius 2 is 1.62 bits per heavy atom. The Balaban J connectivity index is 1.96. The van der Waals surface area contributed by atoms with Crippen LogP contribution < -0.4 is 20.1 Å². The number of carbonyl (C=O) groups excluding carboxylic acids is 3. The molecule has 0 aliphatic carbocycles. The third-order valence-electron chi connectivity index (χ3n) is 4.58. The SMILES string of the molecule is CCOCCCNC(=O)c1ccc(S(=O)(=O)NC(=O)c2ccc(OC(=O)NCCOCC)nc2)c(Cl)c1. The quantitative estimate of drug-likeness (QED) is 0.296. The summed E-state index contributed by atoms with van der Waals surface area (Å²) >= 11 is 6.11. The molecule has 0 saturated carbocycles. The maximum absolute atomic E-state index is 12.7. The number of ether oxygens (including phenoxy) is 3. The molecule has 0 aliphatic heterocycles. The predicted octanol–water partition coefficient (Wildman–Crippen LogP) is 2.13. The van der Waals surface area contributed by atoms with Crippen LogP contribution in [0.25, 0.3) is 0 Å². The second-order valence-corrected chi connectivity index (χ2v) is 9.34. The first-order valence-electron chi connectivity index (χ1n) is 11.4. The Labute approximate surface area is 220 Å². The van der Waals surface area contributed by atoms with E-state index in [0.29, 0.717) is 39.4 Å². The Morgan fingerprint density at radius 1 is 0.919 bits per heavy atom. The van der Waals surface area contributed by atoms with Gasteiger partial charge in [0.05, 0.1) is 17.2 Å². The van der Waals surface area contributed by atoms with E-state index in [9.17, 15) is 22.8 Å². The average molecular weight is 557 g/mol. The monoisotopic (exact) mass is 556 g/mol. The number of nitrogens with one attached hydrogen (secondary N) is 3. The highest BCUT2D eigenvalue weighted by Gasteiger charge is 2.23. The Bertz CT molecular complexity index is 1180. The lowest BCUT2D eigenvalue weighted by atomic mass is 10.2. The number of carbonyl (C=O) groups is 3. The number of pyridine rings is 1. The molecule has 14 heteroatoms. The van der Waals surface area contributed by atoms with Gasteiger partial charge >= 0.3 is 6.09 Å². The van der Waals surface area contributed by atoms with Crippen molar-refractivity contribution in [2.24, 2.45) is 0 Å². The molecule has 2 aromatic rings. The van der Waals surface area contributed by atoms with Crippen molar-refractivity contribution in [1.82, 2.24) is 20.3 Å². The van der Waals surface area contributed by atoms with Crippen molar-refractivity contribution in [2.75, 3.05) is 39.5 Å². The van der Waals surface area contributed by atoms with Gasteiger partial charge < -0.3 is 24.8 Å². The second-order valence-electron chi connectivity index (χ2n) is 7.28. The number of benzene rings is 1. The van der Waals surface area contributed by atoms with Gasteiger partial charge in [-0.3, -0.25) is 9.59 Å². The van der Waals surface area contributed by atoms with Crippen LogP contribution in [0.4, 0.5) is 4.79 Å². The molecule has 0 fully saturated rings. The van der Waals surface area contributed by atoms with Crippen molar-refractivity contribution in [1.29, 1.82) is 0 Å². The number of aromatic nitrogens is 1. The van der Waals surface area contributed by atoms with Gasteiger partial charge in [0.2, 0.25) is 5.88 Å². The predicted molar refractivity (Wildman–Crippen MR) is 134 cm³/mol. The summed E-state index contributed by atoms with van der Waals surface area (Å²) in [5.41, 5.74) is 0.0558. The van der Waals surface area contributed by atoms with E-state index < -0.39 is 27.9 Å². The molecule has 202 valence electrons. The van der Waals surface area contributed by atoms with Crippen molar-refractivity contribution in [3.05, 3.63) is 52.7 Å². The molecular formula is C23H29ClN4O8S. The van der Waals surface area contributed by atoms with Crippen LogP contribution in [0.1, 0.15) is 41.0 Å². The second kappa shape index (κ2) is 15.1. The minimum absolute atomic E-state index is 0.0943. The minimum atomic E-state index is -4.37. The highest BCUT2D eigenvalue weighted by atomic mass is 35.5. The third-order valence-corrected chi connectivity index (χ3v) is 6.40. The van der Waals surface area contributed by atoms with E-state index >= 15 is 0 Å². The van der Waals surface area contributed by atoms with Gasteiger partial charge in [0.15, 0.2) is 0 Å². The van der Waals surface area contributed by atoms with Gasteiger partial charge in [0.1, 0.15) is 4.90 Å². The smallest absolute Gasteiger partial charge is 0.391 e. The molecule has 12 nitrogen and oxygen atoms in total. The van der Waals surface area contributed by atoms with Crippen LogP contribution in [0.2, 0.25) is 5.02 Å². The van der Waals surface area contributed by atoms with Crippen LogP contribution in [0.3, 0.4) is 0 Å². The fourth-order valence-corrected chi connectivity index (χ4v) is 4.31. The maximum atomic E-state index is 12.7. The van der Waals surface area contributed by atoms with E-state index in [1.165, 1.54) is 24.3 Å². The molecule has 1 heterocycles. The van der Waals surface area contributed by atoms with Crippen LogP contribution in [0.15, 0.2) is 41.4 Å². The van der Waals surface area contributed by atoms with Crippen LogP contribution in [0, 0.1) is 0 Å². The van der Waals surface area contributed by atoms with Crippen LogP contribution >= 0.6 is 11.6 Å². The average Bonchev–Trinajstić information content (AvgIpc) is 2.86. The molecule has 3 N–H and O–H groups in total. The molecule has 0 bridgehead atoms. The zero-order valence-electron chi connectivity index (χ0n) is 20.4. The largest absolute Gasteiger partial charge is 0.414 e. The standard InChI is InChI=1S/C23H29ClN4O8S/c1-3-34-12-5-10-25-21(29)16-6-8-19(18(24)14-16)37(32,33)28-22(30)17-7-9-20(27-15-17)36-23(31)26-11-13-35-4-2/h6-9,14-15H,3-5,10-13H2,1-2H3,(H,25,29)(H,26,31)(H,28,30). The highest BCUT2D eigenvalue weighted by Crippen LogP contribution is 2.23. The number of nitrogens with zero attached hydrogens (tertiary/aromatic N) is 1. The first-order chi connectivity index (χ1) is 17.7. The Kier molecular flexibility index (Phi) is 12.2. The van der Waals surface area contributed by atoms with Gasteiger partial charge in [-0.1, -0.05) is 11.6 Å². The summed E-state index contributed by atoms with van der Waals surface area (Å²) in [6.07, 6.45) is 0.910. The number of halogens is 1. The molecule has 0 radical (unpaired) electrons. The molecule has 3 amide bonds. The van der Waals surface area contributed by atoms with E-state index in [2.05, 4.69) is 15.6 Å². The maximum Gasteiger partial charge on any atom is 0.414 e. The van der Waals surface area contributed by atoms with E-state index in [0.717, 1.165) is 12.3 Å². The molecule has 0 aliphatic rings. The lowest BCUT2D eigenvalue weighted by Crippen LogP contribution is -2.31. The zero-order chi connectivity index (χ0) is 27.3. The van der Waals surface area contributed by atoms with Gasteiger partial charge in [0.25, 0.3) is 21.8 Å². The van der Waals surface area contributed by atoms with Gasteiger partial charge in [-0.05, 0) is 44.5 Å². The number of amides is 3. The fraction of sp³-hybridized carbons (Fsp3) is 0.391. The third kappa shape index (κ3) is 9.96. The van der Waals surface area contributed by atoms with Gasteiger partial charge in [-0.2, -0.15) is 0 Å². The number of sulfonamides is 1. The van der Waals surface area contributed by atoms with E-state index in [4.69, 9.17) is 25.8 Å². The van der Waals surface area contributed by atoms with Gasteiger partial charge in [-0.25, -0.2) is 22.9 Å². The number of hydrogen-bond donors (Lipinski definition) is 3. The van der Waals surface area contributed by atoms with E-state index in [1.807, 2.05) is 18.6 Å². The van der Waals surface area contributed by atoms with Crippen LogP contribution in [-0.2, 0) is 19.5 Å². The lowest BCUT2D eigenvalue weighted by Gasteiger charge is -2.11. The molecule has 0 atom stereocenters. The summed E-state index contributed by atoms with van der Waals surface area (Å²) in [5, 5.41) is 4.91. The van der Waals surface area contributed by atoms with Gasteiger partial charge in [-0.15, -0.1) is 0 Å². The Hall–Kier alpha value is -3.26.